The molecule has 2 aromatic heterocycles. The Labute approximate surface area is 106 Å². The van der Waals surface area contributed by atoms with Gasteiger partial charge in [0, 0.05) is 24.4 Å². The first-order chi connectivity index (χ1) is 8.78. The Balaban J connectivity index is 2.00. The molecule has 6 heteroatoms. The lowest BCUT2D eigenvalue weighted by atomic mass is 10.4. The third kappa shape index (κ3) is 3.44. The lowest BCUT2D eigenvalue weighted by Gasteiger charge is -2.08. The Kier molecular flexibility index (Phi) is 4.11. The molecule has 0 aliphatic rings. The molecule has 0 aliphatic carbocycles. The Hall–Kier alpha value is -2.11. The van der Waals surface area contributed by atoms with Gasteiger partial charge in [-0.2, -0.15) is 4.98 Å². The monoisotopic (exact) mass is 247 g/mol. The second-order valence-electron chi connectivity index (χ2n) is 3.99. The van der Waals surface area contributed by atoms with Gasteiger partial charge in [-0.05, 0) is 13.3 Å². The van der Waals surface area contributed by atoms with Gasteiger partial charge in [-0.25, -0.2) is 4.98 Å². The van der Waals surface area contributed by atoms with Crippen LogP contribution in [0.3, 0.4) is 0 Å². The summed E-state index contributed by atoms with van der Waals surface area (Å²) >= 11 is 0. The van der Waals surface area contributed by atoms with E-state index in [9.17, 15) is 0 Å². The van der Waals surface area contributed by atoms with Crippen LogP contribution in [0.25, 0.3) is 0 Å². The molecule has 0 saturated carbocycles. The van der Waals surface area contributed by atoms with Gasteiger partial charge in [0.2, 0.25) is 5.95 Å². The van der Waals surface area contributed by atoms with Crippen LogP contribution in [0.4, 0.5) is 11.8 Å². The van der Waals surface area contributed by atoms with Gasteiger partial charge in [-0.15, -0.1) is 0 Å². The van der Waals surface area contributed by atoms with Crippen LogP contribution in [0, 0.1) is 6.92 Å². The molecule has 2 heterocycles. The highest BCUT2D eigenvalue weighted by molar-refractivity contribution is 5.42. The van der Waals surface area contributed by atoms with Gasteiger partial charge in [0.25, 0.3) is 0 Å². The minimum atomic E-state index is 0.584. The zero-order valence-electron chi connectivity index (χ0n) is 10.6. The summed E-state index contributed by atoms with van der Waals surface area (Å²) < 4.78 is 4.77. The number of aromatic nitrogens is 3. The molecule has 96 valence electrons. The average molecular weight is 247 g/mol. The van der Waals surface area contributed by atoms with Crippen LogP contribution in [0.5, 0.6) is 0 Å². The summed E-state index contributed by atoms with van der Waals surface area (Å²) in [6.45, 7) is 5.50. The second-order valence-corrected chi connectivity index (χ2v) is 3.99. The number of aryl methyl sites for hydroxylation is 1. The Morgan fingerprint density at radius 1 is 1.28 bits per heavy atom. The van der Waals surface area contributed by atoms with Gasteiger partial charge in [0.15, 0.2) is 0 Å². The van der Waals surface area contributed by atoms with Crippen molar-refractivity contribution < 1.29 is 4.52 Å². The second kappa shape index (κ2) is 6.00. The summed E-state index contributed by atoms with van der Waals surface area (Å²) in [5.74, 6) is 1.43. The number of anilines is 2. The molecule has 0 radical (unpaired) electrons. The summed E-state index contributed by atoms with van der Waals surface area (Å²) in [5, 5.41) is 10.2. The fourth-order valence-electron chi connectivity index (χ4n) is 1.48. The van der Waals surface area contributed by atoms with E-state index < -0.39 is 0 Å². The fraction of sp³-hybridized carbons (Fsp3) is 0.417. The van der Waals surface area contributed by atoms with Gasteiger partial charge in [0.05, 0.1) is 6.54 Å². The molecule has 2 aromatic rings. The topological polar surface area (TPSA) is 75.9 Å². The Bertz CT molecular complexity index is 483. The molecule has 0 unspecified atom stereocenters. The molecule has 0 spiro atoms. The summed E-state index contributed by atoms with van der Waals surface area (Å²) in [6.07, 6.45) is 2.59. The number of hydrogen-bond acceptors (Lipinski definition) is 6. The molecule has 0 fully saturated rings. The molecule has 0 aliphatic heterocycles. The minimum Gasteiger partial charge on any atom is -0.364 e. The minimum absolute atomic E-state index is 0.584. The Morgan fingerprint density at radius 2 is 2.17 bits per heavy atom. The lowest BCUT2D eigenvalue weighted by Crippen LogP contribution is -2.08. The van der Waals surface area contributed by atoms with Crippen molar-refractivity contribution in [1.82, 2.24) is 15.1 Å². The van der Waals surface area contributed by atoms with E-state index in [1.54, 1.807) is 6.26 Å². The van der Waals surface area contributed by atoms with Crippen LogP contribution in [-0.4, -0.2) is 21.7 Å². The van der Waals surface area contributed by atoms with E-state index in [-0.39, 0.29) is 0 Å². The largest absolute Gasteiger partial charge is 0.364 e. The summed E-state index contributed by atoms with van der Waals surface area (Å²) in [5.41, 5.74) is 1.76. The Morgan fingerprint density at radius 3 is 2.89 bits per heavy atom. The number of hydrogen-bond donors (Lipinski definition) is 2. The third-order valence-electron chi connectivity index (χ3n) is 2.33. The summed E-state index contributed by atoms with van der Waals surface area (Å²) in [4.78, 5) is 8.70. The van der Waals surface area contributed by atoms with Crippen molar-refractivity contribution >= 4 is 11.8 Å². The maximum atomic E-state index is 4.77. The standard InChI is InChI=1S/C12H17N5O/c1-3-5-13-12-15-9(2)7-11(16-12)14-8-10-4-6-18-17-10/h4,6-7H,3,5,8H2,1-2H3,(H2,13,14,15,16). The van der Waals surface area contributed by atoms with Crippen molar-refractivity contribution in [1.29, 1.82) is 0 Å². The predicted molar refractivity (Wildman–Crippen MR) is 69.4 cm³/mol. The van der Waals surface area contributed by atoms with Crippen LogP contribution < -0.4 is 10.6 Å². The highest BCUT2D eigenvalue weighted by Gasteiger charge is 2.02. The maximum absolute atomic E-state index is 4.77. The van der Waals surface area contributed by atoms with Gasteiger partial charge in [0.1, 0.15) is 17.8 Å². The van der Waals surface area contributed by atoms with Crippen molar-refractivity contribution in [2.45, 2.75) is 26.8 Å². The number of nitrogens with zero attached hydrogens (tertiary/aromatic N) is 3. The van der Waals surface area contributed by atoms with E-state index in [1.807, 2.05) is 19.1 Å². The third-order valence-corrected chi connectivity index (χ3v) is 2.33. The zero-order chi connectivity index (χ0) is 12.8. The molecule has 0 atom stereocenters. The molecule has 2 N–H and O–H groups in total. The van der Waals surface area contributed by atoms with Gasteiger partial charge in [-0.3, -0.25) is 0 Å². The molecule has 6 nitrogen and oxygen atoms in total. The van der Waals surface area contributed by atoms with Gasteiger partial charge < -0.3 is 15.2 Å². The number of nitrogens with one attached hydrogen (secondary N) is 2. The van der Waals surface area contributed by atoms with E-state index in [0.29, 0.717) is 12.5 Å². The number of rotatable bonds is 6. The van der Waals surface area contributed by atoms with E-state index in [0.717, 1.165) is 30.2 Å². The molecule has 2 rings (SSSR count). The van der Waals surface area contributed by atoms with Crippen molar-refractivity contribution in [3.05, 3.63) is 29.8 Å². The molecule has 0 bridgehead atoms. The van der Waals surface area contributed by atoms with Crippen LogP contribution in [0.1, 0.15) is 24.7 Å². The molecular weight excluding hydrogens is 230 g/mol. The van der Waals surface area contributed by atoms with Crippen LogP contribution in [0.15, 0.2) is 22.9 Å². The highest BCUT2D eigenvalue weighted by Crippen LogP contribution is 2.10. The van der Waals surface area contributed by atoms with E-state index >= 15 is 0 Å². The van der Waals surface area contributed by atoms with Crippen molar-refractivity contribution in [3.8, 4) is 0 Å². The first kappa shape index (κ1) is 12.3. The molecule has 0 amide bonds. The molecule has 18 heavy (non-hydrogen) atoms. The van der Waals surface area contributed by atoms with Crippen molar-refractivity contribution in [3.63, 3.8) is 0 Å². The quantitative estimate of drug-likeness (QED) is 0.815. The van der Waals surface area contributed by atoms with E-state index in [1.165, 1.54) is 0 Å². The molecule has 0 saturated heterocycles. The normalized spacial score (nSPS) is 10.3. The highest BCUT2D eigenvalue weighted by atomic mass is 16.5. The van der Waals surface area contributed by atoms with Crippen molar-refractivity contribution in [2.75, 3.05) is 17.2 Å². The lowest BCUT2D eigenvalue weighted by molar-refractivity contribution is 0.412. The smallest absolute Gasteiger partial charge is 0.224 e. The first-order valence-corrected chi connectivity index (χ1v) is 6.00. The summed E-state index contributed by atoms with van der Waals surface area (Å²) in [7, 11) is 0. The van der Waals surface area contributed by atoms with Gasteiger partial charge >= 0.3 is 0 Å². The first-order valence-electron chi connectivity index (χ1n) is 6.00. The zero-order valence-corrected chi connectivity index (χ0v) is 10.6. The molecular formula is C12H17N5O. The molecule has 0 aromatic carbocycles. The van der Waals surface area contributed by atoms with E-state index in [2.05, 4.69) is 32.7 Å². The van der Waals surface area contributed by atoms with Gasteiger partial charge in [-0.1, -0.05) is 12.1 Å². The van der Waals surface area contributed by atoms with Crippen molar-refractivity contribution in [2.24, 2.45) is 0 Å². The summed E-state index contributed by atoms with van der Waals surface area (Å²) in [6, 6.07) is 3.72. The predicted octanol–water partition coefficient (Wildman–Crippen LogP) is 2.21. The van der Waals surface area contributed by atoms with Crippen LogP contribution in [-0.2, 0) is 6.54 Å². The van der Waals surface area contributed by atoms with E-state index in [4.69, 9.17) is 4.52 Å². The maximum Gasteiger partial charge on any atom is 0.224 e. The van der Waals surface area contributed by atoms with Crippen LogP contribution in [0.2, 0.25) is 0 Å². The van der Waals surface area contributed by atoms with Crippen LogP contribution >= 0.6 is 0 Å². The SMILES string of the molecule is CCCNc1nc(C)cc(NCc2ccon2)n1. The average Bonchev–Trinajstić information content (AvgIpc) is 2.86. The fourth-order valence-corrected chi connectivity index (χ4v) is 1.48.